The standard InChI is InChI=1S/C28H28O12/c1-3-13-37-38-17-35-21-11-7-19(8-12-21)28(31)40-23-15-33-25-22(14-32-26(23)25)39-27(30)18-5-9-20(10-6-18)34-16-36-24(29)4-2/h3-12,22-23,25-26H,1-2,13-17H2/t22-,23+,25+,26+/m0/s1. The Hall–Kier alpha value is -4.23. The minimum Gasteiger partial charge on any atom is -0.465 e. The molecule has 2 aliphatic rings. The SMILES string of the molecule is C=CCOOCOc1ccc(C(=O)O[C@@H]2CO[C@H]3[C@@H]2OC[C@@H]3OC(=O)c2ccc(OCOC(=O)C=C)cc2)cc1. The molecule has 0 saturated carbocycles. The van der Waals surface area contributed by atoms with Gasteiger partial charge in [-0.25, -0.2) is 19.3 Å². The van der Waals surface area contributed by atoms with E-state index in [4.69, 9.17) is 42.9 Å². The first-order chi connectivity index (χ1) is 19.5. The summed E-state index contributed by atoms with van der Waals surface area (Å²) < 4.78 is 38.1. The first kappa shape index (κ1) is 28.8. The second-order valence-electron chi connectivity index (χ2n) is 8.42. The summed E-state index contributed by atoms with van der Waals surface area (Å²) in [7, 11) is 0. The van der Waals surface area contributed by atoms with Gasteiger partial charge >= 0.3 is 17.9 Å². The lowest BCUT2D eigenvalue weighted by molar-refractivity contribution is -0.315. The van der Waals surface area contributed by atoms with Crippen molar-refractivity contribution in [1.82, 2.24) is 0 Å². The largest absolute Gasteiger partial charge is 0.465 e. The number of carbonyl (C=O) groups is 3. The summed E-state index contributed by atoms with van der Waals surface area (Å²) in [6.07, 6.45) is 0.0584. The van der Waals surface area contributed by atoms with Gasteiger partial charge in [-0.05, 0) is 48.5 Å². The Morgan fingerprint density at radius 1 is 0.750 bits per heavy atom. The maximum atomic E-state index is 12.7. The van der Waals surface area contributed by atoms with Gasteiger partial charge in [-0.15, -0.1) is 6.58 Å². The Morgan fingerprint density at radius 3 is 1.73 bits per heavy atom. The van der Waals surface area contributed by atoms with E-state index in [0.717, 1.165) is 6.08 Å². The molecule has 2 aromatic rings. The number of hydrogen-bond donors (Lipinski definition) is 0. The van der Waals surface area contributed by atoms with E-state index in [1.165, 1.54) is 18.2 Å². The van der Waals surface area contributed by atoms with Crippen molar-refractivity contribution in [2.75, 3.05) is 33.4 Å². The molecule has 212 valence electrons. The molecule has 0 N–H and O–H groups in total. The molecule has 0 aromatic heterocycles. The molecule has 0 unspecified atom stereocenters. The number of carbonyl (C=O) groups excluding carboxylic acids is 3. The number of esters is 3. The number of ether oxygens (including phenoxy) is 7. The monoisotopic (exact) mass is 556 g/mol. The molecule has 2 heterocycles. The molecule has 0 aliphatic carbocycles. The molecule has 2 aromatic carbocycles. The average Bonchev–Trinajstić information content (AvgIpc) is 3.56. The van der Waals surface area contributed by atoms with Crippen molar-refractivity contribution in [3.8, 4) is 11.5 Å². The Labute approximate surface area is 229 Å². The molecule has 0 spiro atoms. The van der Waals surface area contributed by atoms with Crippen molar-refractivity contribution < 1.29 is 57.3 Å². The predicted octanol–water partition coefficient (Wildman–Crippen LogP) is 2.77. The molecule has 40 heavy (non-hydrogen) atoms. The van der Waals surface area contributed by atoms with Gasteiger partial charge in [-0.1, -0.05) is 12.7 Å². The van der Waals surface area contributed by atoms with Crippen LogP contribution in [0.5, 0.6) is 11.5 Å². The topological polar surface area (TPSA) is 134 Å². The summed E-state index contributed by atoms with van der Waals surface area (Å²) >= 11 is 0. The van der Waals surface area contributed by atoms with E-state index in [1.54, 1.807) is 36.4 Å². The van der Waals surface area contributed by atoms with Crippen molar-refractivity contribution in [2.24, 2.45) is 0 Å². The number of rotatable bonds is 14. The third-order valence-corrected chi connectivity index (χ3v) is 5.80. The molecule has 2 saturated heterocycles. The van der Waals surface area contributed by atoms with E-state index in [2.05, 4.69) is 13.2 Å². The van der Waals surface area contributed by atoms with Crippen LogP contribution >= 0.6 is 0 Å². The summed E-state index contributed by atoms with van der Waals surface area (Å²) in [5.74, 6) is -0.879. The highest BCUT2D eigenvalue weighted by molar-refractivity contribution is 5.90. The summed E-state index contributed by atoms with van der Waals surface area (Å²) in [4.78, 5) is 45.9. The summed E-state index contributed by atoms with van der Waals surface area (Å²) in [6.45, 7) is 6.80. The van der Waals surface area contributed by atoms with Crippen molar-refractivity contribution in [1.29, 1.82) is 0 Å². The van der Waals surface area contributed by atoms with Gasteiger partial charge in [0, 0.05) is 6.08 Å². The molecule has 4 atom stereocenters. The van der Waals surface area contributed by atoms with Crippen molar-refractivity contribution in [3.63, 3.8) is 0 Å². The molecular formula is C28H28O12. The predicted molar refractivity (Wildman–Crippen MR) is 135 cm³/mol. The normalized spacial score (nSPS) is 21.1. The summed E-state index contributed by atoms with van der Waals surface area (Å²) in [5, 5.41) is 0. The molecule has 0 radical (unpaired) electrons. The number of fused-ring (bicyclic) bond motifs is 1. The minimum atomic E-state index is -0.676. The lowest BCUT2D eigenvalue weighted by Gasteiger charge is -2.17. The van der Waals surface area contributed by atoms with Crippen LogP contribution in [-0.4, -0.2) is 75.7 Å². The van der Waals surface area contributed by atoms with Crippen LogP contribution in [0.3, 0.4) is 0 Å². The highest BCUT2D eigenvalue weighted by Crippen LogP contribution is 2.31. The summed E-state index contributed by atoms with van der Waals surface area (Å²) in [6, 6.07) is 12.4. The Balaban J connectivity index is 1.22. The first-order valence-corrected chi connectivity index (χ1v) is 12.2. The van der Waals surface area contributed by atoms with Crippen molar-refractivity contribution in [3.05, 3.63) is 85.0 Å². The molecule has 2 aliphatic heterocycles. The molecule has 4 rings (SSSR count). The van der Waals surface area contributed by atoms with Gasteiger partial charge in [0.05, 0.1) is 24.3 Å². The fourth-order valence-electron chi connectivity index (χ4n) is 3.85. The zero-order valence-corrected chi connectivity index (χ0v) is 21.4. The Kier molecular flexibility index (Phi) is 10.2. The fraction of sp³-hybridized carbons (Fsp3) is 0.321. The summed E-state index contributed by atoms with van der Waals surface area (Å²) in [5.41, 5.74) is 0.593. The van der Waals surface area contributed by atoms with Gasteiger partial charge in [-0.3, -0.25) is 0 Å². The van der Waals surface area contributed by atoms with Crippen LogP contribution in [0.2, 0.25) is 0 Å². The van der Waals surface area contributed by atoms with Crippen LogP contribution in [0.4, 0.5) is 0 Å². The van der Waals surface area contributed by atoms with Crippen LogP contribution in [0.1, 0.15) is 20.7 Å². The lowest BCUT2D eigenvalue weighted by Crippen LogP contribution is -2.36. The van der Waals surface area contributed by atoms with Crippen molar-refractivity contribution >= 4 is 17.9 Å². The maximum Gasteiger partial charge on any atom is 0.338 e. The zero-order valence-electron chi connectivity index (χ0n) is 21.4. The minimum absolute atomic E-state index is 0.0929. The Morgan fingerprint density at radius 2 is 1.25 bits per heavy atom. The van der Waals surface area contributed by atoms with Gasteiger partial charge in [0.1, 0.15) is 30.3 Å². The second-order valence-corrected chi connectivity index (χ2v) is 8.42. The van der Waals surface area contributed by atoms with Crippen LogP contribution in [0, 0.1) is 0 Å². The van der Waals surface area contributed by atoms with Gasteiger partial charge in [0.15, 0.2) is 12.2 Å². The highest BCUT2D eigenvalue weighted by atomic mass is 17.2. The van der Waals surface area contributed by atoms with Gasteiger partial charge in [-0.2, -0.15) is 4.89 Å². The van der Waals surface area contributed by atoms with E-state index < -0.39 is 42.3 Å². The van der Waals surface area contributed by atoms with Crippen LogP contribution in [-0.2, 0) is 38.3 Å². The van der Waals surface area contributed by atoms with Crippen LogP contribution in [0.25, 0.3) is 0 Å². The van der Waals surface area contributed by atoms with E-state index in [1.807, 2.05) is 0 Å². The molecule has 12 heteroatoms. The Bertz CT molecular complexity index is 1180. The smallest absolute Gasteiger partial charge is 0.338 e. The number of benzene rings is 2. The van der Waals surface area contributed by atoms with E-state index >= 15 is 0 Å². The average molecular weight is 557 g/mol. The van der Waals surface area contributed by atoms with Gasteiger partial charge in [0.2, 0.25) is 13.6 Å². The third kappa shape index (κ3) is 7.67. The fourth-order valence-corrected chi connectivity index (χ4v) is 3.85. The first-order valence-electron chi connectivity index (χ1n) is 12.2. The zero-order chi connectivity index (χ0) is 28.3. The van der Waals surface area contributed by atoms with Crippen molar-refractivity contribution in [2.45, 2.75) is 24.4 Å². The number of hydrogen-bond acceptors (Lipinski definition) is 12. The lowest BCUT2D eigenvalue weighted by atomic mass is 10.1. The molecular weight excluding hydrogens is 528 g/mol. The van der Waals surface area contributed by atoms with Gasteiger partial charge in [0.25, 0.3) is 0 Å². The van der Waals surface area contributed by atoms with Crippen LogP contribution in [0.15, 0.2) is 73.8 Å². The van der Waals surface area contributed by atoms with E-state index in [9.17, 15) is 14.4 Å². The highest BCUT2D eigenvalue weighted by Gasteiger charge is 2.51. The van der Waals surface area contributed by atoms with Crippen LogP contribution < -0.4 is 9.47 Å². The third-order valence-electron chi connectivity index (χ3n) is 5.80. The maximum absolute atomic E-state index is 12.7. The van der Waals surface area contributed by atoms with E-state index in [0.29, 0.717) is 17.1 Å². The molecule has 0 bridgehead atoms. The van der Waals surface area contributed by atoms with Gasteiger partial charge < -0.3 is 33.2 Å². The molecule has 2 fully saturated rings. The molecule has 0 amide bonds. The quantitative estimate of drug-likeness (QED) is 0.0495. The second kappa shape index (κ2) is 14.2. The molecule has 12 nitrogen and oxygen atoms in total. The van der Waals surface area contributed by atoms with E-state index in [-0.39, 0.29) is 39.0 Å².